The third-order valence-corrected chi connectivity index (χ3v) is 4.78. The van der Waals surface area contributed by atoms with Crippen molar-refractivity contribution < 1.29 is 14.3 Å². The van der Waals surface area contributed by atoms with Crippen LogP contribution in [-0.2, 0) is 22.4 Å². The predicted molar refractivity (Wildman–Crippen MR) is 96.5 cm³/mol. The first-order valence-corrected chi connectivity index (χ1v) is 8.71. The van der Waals surface area contributed by atoms with Gasteiger partial charge in [-0.15, -0.1) is 0 Å². The van der Waals surface area contributed by atoms with Crippen LogP contribution >= 0.6 is 0 Å². The summed E-state index contributed by atoms with van der Waals surface area (Å²) in [4.78, 5) is 31.2. The van der Waals surface area contributed by atoms with Crippen molar-refractivity contribution in [2.24, 2.45) is 5.92 Å². The van der Waals surface area contributed by atoms with E-state index in [4.69, 9.17) is 9.72 Å². The van der Waals surface area contributed by atoms with Gasteiger partial charge in [0.15, 0.2) is 6.10 Å². The van der Waals surface area contributed by atoms with Crippen LogP contribution in [0.5, 0.6) is 0 Å². The zero-order chi connectivity index (χ0) is 18.1. The maximum atomic E-state index is 13.0. The molecular formula is C20H24N2O3. The average molecular weight is 340 g/mol. The molecule has 1 aromatic carbocycles. The maximum absolute atomic E-state index is 13.0. The van der Waals surface area contributed by atoms with E-state index in [1.165, 1.54) is 4.90 Å². The zero-order valence-electron chi connectivity index (χ0n) is 15.2. The number of benzene rings is 1. The van der Waals surface area contributed by atoms with Crippen LogP contribution in [0.1, 0.15) is 41.9 Å². The maximum Gasteiger partial charge on any atom is 0.339 e. The monoisotopic (exact) mass is 340 g/mol. The molecular weight excluding hydrogens is 316 g/mol. The lowest BCUT2D eigenvalue weighted by atomic mass is 9.84. The molecule has 2 aromatic rings. The Kier molecular flexibility index (Phi) is 4.75. The zero-order valence-corrected chi connectivity index (χ0v) is 15.2. The quantitative estimate of drug-likeness (QED) is 0.806. The van der Waals surface area contributed by atoms with Crippen molar-refractivity contribution in [2.45, 2.75) is 39.2 Å². The lowest BCUT2D eigenvalue weighted by Gasteiger charge is -2.25. The van der Waals surface area contributed by atoms with E-state index < -0.39 is 12.1 Å². The topological polar surface area (TPSA) is 59.5 Å². The second kappa shape index (κ2) is 6.82. The third-order valence-electron chi connectivity index (χ3n) is 4.78. The molecule has 0 saturated carbocycles. The summed E-state index contributed by atoms with van der Waals surface area (Å²) in [5.41, 5.74) is 3.34. The lowest BCUT2D eigenvalue weighted by Crippen LogP contribution is -2.35. The molecule has 0 fully saturated rings. The van der Waals surface area contributed by atoms with Crippen molar-refractivity contribution in [3.05, 3.63) is 41.1 Å². The molecule has 5 heteroatoms. The number of aromatic nitrogens is 1. The fraction of sp³-hybridized carbons (Fsp3) is 0.450. The van der Waals surface area contributed by atoms with Gasteiger partial charge in [0, 0.05) is 25.2 Å². The number of hydrogen-bond acceptors (Lipinski definition) is 4. The summed E-state index contributed by atoms with van der Waals surface area (Å²) in [6.07, 6.45) is 1.94. The van der Waals surface area contributed by atoms with E-state index in [-0.39, 0.29) is 5.91 Å². The molecule has 0 saturated heterocycles. The summed E-state index contributed by atoms with van der Waals surface area (Å²) in [5.74, 6) is -0.163. The molecule has 5 nitrogen and oxygen atoms in total. The number of carbonyl (C=O) groups is 2. The van der Waals surface area contributed by atoms with Gasteiger partial charge >= 0.3 is 5.97 Å². The minimum absolute atomic E-state index is 0.228. The van der Waals surface area contributed by atoms with Gasteiger partial charge in [0.2, 0.25) is 0 Å². The molecule has 0 spiro atoms. The van der Waals surface area contributed by atoms with Crippen LogP contribution in [0.15, 0.2) is 24.3 Å². The summed E-state index contributed by atoms with van der Waals surface area (Å²) < 4.78 is 5.51. The highest BCUT2D eigenvalue weighted by molar-refractivity contribution is 6.05. The van der Waals surface area contributed by atoms with Gasteiger partial charge in [-0.3, -0.25) is 9.78 Å². The molecule has 132 valence electrons. The van der Waals surface area contributed by atoms with Gasteiger partial charge < -0.3 is 9.64 Å². The van der Waals surface area contributed by atoms with E-state index in [1.807, 2.05) is 24.3 Å². The molecule has 1 amide bonds. The summed E-state index contributed by atoms with van der Waals surface area (Å²) in [6, 6.07) is 7.63. The molecule has 1 aliphatic carbocycles. The molecule has 0 radical (unpaired) electrons. The number of hydrogen-bond donors (Lipinski definition) is 0. The smallest absolute Gasteiger partial charge is 0.339 e. The number of ether oxygens (including phenoxy) is 1. The van der Waals surface area contributed by atoms with Gasteiger partial charge in [0.05, 0.1) is 11.1 Å². The van der Waals surface area contributed by atoms with Crippen LogP contribution in [0.25, 0.3) is 10.9 Å². The fourth-order valence-electron chi connectivity index (χ4n) is 3.43. The van der Waals surface area contributed by atoms with Gasteiger partial charge in [-0.25, -0.2) is 4.79 Å². The Balaban J connectivity index is 2.06. The average Bonchev–Trinajstić information content (AvgIpc) is 2.58. The number of aryl methyl sites for hydroxylation is 1. The number of likely N-dealkylation sites (N-methyl/N-ethyl adjacent to an activating group) is 1. The van der Waals surface area contributed by atoms with Crippen LogP contribution in [0.2, 0.25) is 0 Å². The molecule has 25 heavy (non-hydrogen) atoms. The Morgan fingerprint density at radius 2 is 2.00 bits per heavy atom. The molecule has 0 aliphatic heterocycles. The summed E-state index contributed by atoms with van der Waals surface area (Å²) in [7, 11) is 3.30. The van der Waals surface area contributed by atoms with E-state index in [0.717, 1.165) is 41.4 Å². The van der Waals surface area contributed by atoms with Gasteiger partial charge in [-0.1, -0.05) is 25.1 Å². The SMILES string of the molecule is C[C@@H]1CCc2nc3ccccc3c(C(=O)O[C@@H](C)C(=O)N(C)C)c2C1. The largest absolute Gasteiger partial charge is 0.449 e. The molecule has 3 rings (SSSR count). The minimum Gasteiger partial charge on any atom is -0.449 e. The number of amides is 1. The van der Waals surface area contributed by atoms with Gasteiger partial charge in [-0.05, 0) is 43.7 Å². The number of esters is 1. The number of nitrogens with zero attached hydrogens (tertiary/aromatic N) is 2. The number of carbonyl (C=O) groups excluding carboxylic acids is 2. The molecule has 1 aromatic heterocycles. The molecule has 0 unspecified atom stereocenters. The van der Waals surface area contributed by atoms with E-state index >= 15 is 0 Å². The predicted octanol–water partition coefficient (Wildman–Crippen LogP) is 2.99. The van der Waals surface area contributed by atoms with E-state index in [2.05, 4.69) is 6.92 Å². The van der Waals surface area contributed by atoms with E-state index in [9.17, 15) is 9.59 Å². The first kappa shape index (κ1) is 17.4. The van der Waals surface area contributed by atoms with Crippen molar-refractivity contribution in [3.63, 3.8) is 0 Å². The first-order valence-electron chi connectivity index (χ1n) is 8.71. The summed E-state index contributed by atoms with van der Waals surface area (Å²) in [5, 5.41) is 0.796. The minimum atomic E-state index is -0.814. The Hall–Kier alpha value is -2.43. The van der Waals surface area contributed by atoms with E-state index in [1.54, 1.807) is 21.0 Å². The molecule has 0 bridgehead atoms. The Labute approximate surface area is 148 Å². The van der Waals surface area contributed by atoms with Gasteiger partial charge in [0.1, 0.15) is 0 Å². The van der Waals surface area contributed by atoms with Crippen LogP contribution in [-0.4, -0.2) is 42.0 Å². The molecule has 2 atom stereocenters. The number of para-hydroxylation sites is 1. The molecule has 0 N–H and O–H groups in total. The summed E-state index contributed by atoms with van der Waals surface area (Å²) in [6.45, 7) is 3.80. The van der Waals surface area contributed by atoms with E-state index in [0.29, 0.717) is 11.5 Å². The fourth-order valence-corrected chi connectivity index (χ4v) is 3.43. The van der Waals surface area contributed by atoms with Crippen LogP contribution in [0.3, 0.4) is 0 Å². The third kappa shape index (κ3) is 3.36. The first-order chi connectivity index (χ1) is 11.9. The molecule has 1 heterocycles. The van der Waals surface area contributed by atoms with Crippen molar-refractivity contribution in [3.8, 4) is 0 Å². The van der Waals surface area contributed by atoms with Crippen molar-refractivity contribution in [1.29, 1.82) is 0 Å². The van der Waals surface area contributed by atoms with Crippen LogP contribution in [0.4, 0.5) is 0 Å². The lowest BCUT2D eigenvalue weighted by molar-refractivity contribution is -0.137. The molecule has 1 aliphatic rings. The van der Waals surface area contributed by atoms with Gasteiger partial charge in [0.25, 0.3) is 5.91 Å². The number of fused-ring (bicyclic) bond motifs is 2. The van der Waals surface area contributed by atoms with Crippen molar-refractivity contribution in [2.75, 3.05) is 14.1 Å². The number of rotatable bonds is 3. The highest BCUT2D eigenvalue weighted by atomic mass is 16.5. The normalized spacial score (nSPS) is 17.7. The second-order valence-electron chi connectivity index (χ2n) is 7.06. The highest BCUT2D eigenvalue weighted by Crippen LogP contribution is 2.32. The Bertz CT molecular complexity index is 829. The van der Waals surface area contributed by atoms with Gasteiger partial charge in [-0.2, -0.15) is 0 Å². The van der Waals surface area contributed by atoms with Crippen LogP contribution in [0, 0.1) is 5.92 Å². The second-order valence-corrected chi connectivity index (χ2v) is 7.06. The van der Waals surface area contributed by atoms with Crippen molar-refractivity contribution in [1.82, 2.24) is 9.88 Å². The highest BCUT2D eigenvalue weighted by Gasteiger charge is 2.28. The standard InChI is InChI=1S/C20H24N2O3/c1-12-9-10-17-15(11-12)18(14-7-5-6-8-16(14)21-17)20(24)25-13(2)19(23)22(3)4/h5-8,12-13H,9-11H2,1-4H3/t12-,13+/m1/s1. The van der Waals surface area contributed by atoms with Crippen LogP contribution < -0.4 is 0 Å². The Morgan fingerprint density at radius 3 is 2.72 bits per heavy atom. The summed E-state index contributed by atoms with van der Waals surface area (Å²) >= 11 is 0. The number of pyridine rings is 1. The Morgan fingerprint density at radius 1 is 1.28 bits per heavy atom. The van der Waals surface area contributed by atoms with Crippen molar-refractivity contribution >= 4 is 22.8 Å².